The predicted molar refractivity (Wildman–Crippen MR) is 53.7 cm³/mol. The molecule has 1 aromatic rings. The summed E-state index contributed by atoms with van der Waals surface area (Å²) in [6, 6.07) is 0.907. The van der Waals surface area contributed by atoms with E-state index in [9.17, 15) is 23.7 Å². The molecule has 0 spiro atoms. The molecule has 0 radical (unpaired) electrons. The fraction of sp³-hybridized carbons (Fsp3) is 0.143. The van der Waals surface area contributed by atoms with Gasteiger partial charge in [0.25, 0.3) is 11.7 Å². The van der Waals surface area contributed by atoms with E-state index in [1.54, 1.807) is 0 Å². The van der Waals surface area contributed by atoms with Crippen molar-refractivity contribution in [3.63, 3.8) is 0 Å². The number of aromatic nitrogens is 1. The third-order valence-electron chi connectivity index (χ3n) is 1.58. The number of hydrogen-bond acceptors (Lipinski definition) is 4. The van der Waals surface area contributed by atoms with Gasteiger partial charge in [-0.05, 0) is 37.4 Å². The van der Waals surface area contributed by atoms with Crippen LogP contribution in [-0.4, -0.2) is 15.1 Å². The first-order valence-corrected chi connectivity index (χ1v) is 4.84. The molecule has 0 atom stereocenters. The van der Waals surface area contributed by atoms with Crippen molar-refractivity contribution in [1.82, 2.24) is 4.98 Å². The number of alkyl halides is 2. The molecule has 0 fully saturated rings. The highest BCUT2D eigenvalue weighted by molar-refractivity contribution is 9.10. The molecule has 0 aromatic carbocycles. The van der Waals surface area contributed by atoms with Gasteiger partial charge >= 0.3 is 5.82 Å². The molecular weight excluding hydrogens is 313 g/mol. The molecule has 0 saturated carbocycles. The lowest BCUT2D eigenvalue weighted by atomic mass is 10.2. The maximum absolute atomic E-state index is 12.5. The predicted octanol–water partition coefficient (Wildman–Crippen LogP) is 3.07. The standard InChI is InChI=1S/C7H2BrClF2N2O3/c8-2-1-3(5(9)14)12-7(13(15)16)4(2)6(10)11/h1,6H. The first kappa shape index (κ1) is 12.9. The summed E-state index contributed by atoms with van der Waals surface area (Å²) < 4.78 is 24.7. The van der Waals surface area contributed by atoms with Crippen molar-refractivity contribution < 1.29 is 18.5 Å². The Labute approximate surface area is 101 Å². The van der Waals surface area contributed by atoms with Gasteiger partial charge in [0.15, 0.2) is 0 Å². The van der Waals surface area contributed by atoms with E-state index in [2.05, 4.69) is 20.9 Å². The summed E-state index contributed by atoms with van der Waals surface area (Å²) >= 11 is 7.75. The van der Waals surface area contributed by atoms with Gasteiger partial charge in [0, 0.05) is 10.5 Å². The van der Waals surface area contributed by atoms with Crippen molar-refractivity contribution in [2.45, 2.75) is 6.43 Å². The molecule has 1 heterocycles. The average molecular weight is 315 g/mol. The fourth-order valence-corrected chi connectivity index (χ4v) is 1.62. The summed E-state index contributed by atoms with van der Waals surface area (Å²) in [5.74, 6) is -1.09. The molecule has 0 aliphatic carbocycles. The first-order valence-electron chi connectivity index (χ1n) is 3.67. The largest absolute Gasteiger partial charge is 0.374 e. The average Bonchev–Trinajstić information content (AvgIpc) is 2.15. The molecule has 16 heavy (non-hydrogen) atoms. The first-order chi connectivity index (χ1) is 7.34. The van der Waals surface area contributed by atoms with Gasteiger partial charge < -0.3 is 10.1 Å². The lowest BCUT2D eigenvalue weighted by molar-refractivity contribution is -0.391. The van der Waals surface area contributed by atoms with E-state index in [1.165, 1.54) is 0 Å². The van der Waals surface area contributed by atoms with Crippen LogP contribution in [0.15, 0.2) is 10.5 Å². The molecule has 86 valence electrons. The summed E-state index contributed by atoms with van der Waals surface area (Å²) in [4.78, 5) is 23.3. The number of nitrogens with zero attached hydrogens (tertiary/aromatic N) is 2. The van der Waals surface area contributed by atoms with E-state index < -0.39 is 33.7 Å². The molecule has 5 nitrogen and oxygen atoms in total. The second-order valence-corrected chi connectivity index (χ2v) is 3.76. The molecule has 0 aliphatic rings. The molecule has 0 aliphatic heterocycles. The molecule has 0 unspecified atom stereocenters. The zero-order valence-electron chi connectivity index (χ0n) is 7.29. The molecule has 0 saturated heterocycles. The van der Waals surface area contributed by atoms with Crippen molar-refractivity contribution in [2.75, 3.05) is 0 Å². The number of nitro groups is 1. The van der Waals surface area contributed by atoms with Crippen molar-refractivity contribution in [3.8, 4) is 0 Å². The third kappa shape index (κ3) is 2.50. The van der Waals surface area contributed by atoms with Crippen LogP contribution in [0.1, 0.15) is 22.5 Å². The van der Waals surface area contributed by atoms with Crippen LogP contribution in [0.3, 0.4) is 0 Å². The van der Waals surface area contributed by atoms with Gasteiger partial charge in [0.05, 0.1) is 0 Å². The monoisotopic (exact) mass is 314 g/mol. The minimum absolute atomic E-state index is 0.284. The van der Waals surface area contributed by atoms with E-state index in [1.807, 2.05) is 0 Å². The Morgan fingerprint density at radius 3 is 2.56 bits per heavy atom. The van der Waals surface area contributed by atoms with Gasteiger partial charge in [-0.2, -0.15) is 0 Å². The molecule has 1 aromatic heterocycles. The lowest BCUT2D eigenvalue weighted by Gasteiger charge is -2.04. The molecule has 0 bridgehead atoms. The van der Waals surface area contributed by atoms with E-state index in [0.29, 0.717) is 0 Å². The van der Waals surface area contributed by atoms with E-state index in [4.69, 9.17) is 11.6 Å². The normalized spacial score (nSPS) is 10.6. The van der Waals surface area contributed by atoms with Crippen molar-refractivity contribution in [1.29, 1.82) is 0 Å². The highest BCUT2D eigenvalue weighted by Gasteiger charge is 2.29. The van der Waals surface area contributed by atoms with Crippen LogP contribution in [-0.2, 0) is 0 Å². The van der Waals surface area contributed by atoms with Crippen LogP contribution >= 0.6 is 27.5 Å². The van der Waals surface area contributed by atoms with Gasteiger partial charge in [-0.25, -0.2) is 8.78 Å². The summed E-state index contributed by atoms with van der Waals surface area (Å²) in [5.41, 5.74) is -1.35. The Hall–Kier alpha value is -1.15. The molecule has 0 N–H and O–H groups in total. The minimum Gasteiger partial charge on any atom is -0.358 e. The Bertz CT molecular complexity index is 469. The van der Waals surface area contributed by atoms with Gasteiger partial charge in [-0.3, -0.25) is 4.79 Å². The summed E-state index contributed by atoms with van der Waals surface area (Å²) in [6.07, 6.45) is -3.08. The van der Waals surface area contributed by atoms with Gasteiger partial charge in [0.2, 0.25) is 5.69 Å². The van der Waals surface area contributed by atoms with E-state index >= 15 is 0 Å². The topological polar surface area (TPSA) is 73.1 Å². The molecule has 1 rings (SSSR count). The summed E-state index contributed by atoms with van der Waals surface area (Å²) in [6.45, 7) is 0. The maximum Gasteiger partial charge on any atom is 0.374 e. The minimum atomic E-state index is -3.08. The van der Waals surface area contributed by atoms with Crippen LogP contribution in [0.2, 0.25) is 0 Å². The number of rotatable bonds is 3. The molecule has 9 heteroatoms. The summed E-state index contributed by atoms with van der Waals surface area (Å²) in [7, 11) is 0. The third-order valence-corrected chi connectivity index (χ3v) is 2.43. The number of pyridine rings is 1. The second-order valence-electron chi connectivity index (χ2n) is 2.56. The van der Waals surface area contributed by atoms with Crippen molar-refractivity contribution in [2.24, 2.45) is 0 Å². The van der Waals surface area contributed by atoms with Gasteiger partial charge in [-0.15, -0.1) is 0 Å². The van der Waals surface area contributed by atoms with Crippen LogP contribution in [0.25, 0.3) is 0 Å². The Balaban J connectivity index is 3.52. The van der Waals surface area contributed by atoms with Gasteiger partial charge in [0.1, 0.15) is 5.56 Å². The smallest absolute Gasteiger partial charge is 0.358 e. The van der Waals surface area contributed by atoms with Crippen molar-refractivity contribution in [3.05, 3.63) is 31.9 Å². The van der Waals surface area contributed by atoms with E-state index in [-0.39, 0.29) is 4.47 Å². The second kappa shape index (κ2) is 4.79. The molecular formula is C7H2BrClF2N2O3. The zero-order valence-corrected chi connectivity index (χ0v) is 9.63. The quantitative estimate of drug-likeness (QED) is 0.488. The van der Waals surface area contributed by atoms with Crippen LogP contribution in [0.4, 0.5) is 14.6 Å². The zero-order chi connectivity index (χ0) is 12.5. The Kier molecular flexibility index (Phi) is 3.87. The Morgan fingerprint density at radius 1 is 1.62 bits per heavy atom. The van der Waals surface area contributed by atoms with Crippen LogP contribution in [0.5, 0.6) is 0 Å². The highest BCUT2D eigenvalue weighted by Crippen LogP contribution is 2.34. The molecule has 0 amide bonds. The number of hydrogen-bond donors (Lipinski definition) is 0. The lowest BCUT2D eigenvalue weighted by Crippen LogP contribution is -2.05. The van der Waals surface area contributed by atoms with Crippen LogP contribution < -0.4 is 0 Å². The number of halogens is 4. The number of carbonyl (C=O) groups excluding carboxylic acids is 1. The van der Waals surface area contributed by atoms with E-state index in [0.717, 1.165) is 6.07 Å². The summed E-state index contributed by atoms with van der Waals surface area (Å²) in [5, 5.41) is 9.42. The van der Waals surface area contributed by atoms with Gasteiger partial charge in [-0.1, -0.05) is 0 Å². The van der Waals surface area contributed by atoms with Crippen molar-refractivity contribution >= 4 is 38.6 Å². The number of carbonyl (C=O) groups is 1. The Morgan fingerprint density at radius 2 is 2.19 bits per heavy atom. The van der Waals surface area contributed by atoms with Crippen LogP contribution in [0, 0.1) is 10.1 Å². The highest BCUT2D eigenvalue weighted by atomic mass is 79.9. The SMILES string of the molecule is O=C(Cl)c1cc(Br)c(C(F)F)c([N+](=O)[O-])n1. The fourth-order valence-electron chi connectivity index (χ4n) is 0.953. The maximum atomic E-state index is 12.5.